The van der Waals surface area contributed by atoms with Crippen molar-refractivity contribution in [3.8, 4) is 0 Å². The highest BCUT2D eigenvalue weighted by Gasteiger charge is 2.62. The Bertz CT molecular complexity index is 521. The van der Waals surface area contributed by atoms with Gasteiger partial charge in [0.05, 0.1) is 6.54 Å². The van der Waals surface area contributed by atoms with Gasteiger partial charge in [-0.2, -0.15) is 0 Å². The van der Waals surface area contributed by atoms with Crippen molar-refractivity contribution in [1.29, 1.82) is 0 Å². The summed E-state index contributed by atoms with van der Waals surface area (Å²) in [5.74, 6) is -2.89. The van der Waals surface area contributed by atoms with Crippen molar-refractivity contribution in [2.45, 2.75) is 70.0 Å². The molecule has 3 fully saturated rings. The molecule has 0 aromatic heterocycles. The molecule has 3 heterocycles. The maximum absolute atomic E-state index is 12.3. The number of carbonyl (C=O) groups is 2. The van der Waals surface area contributed by atoms with E-state index >= 15 is 0 Å². The molecular formula is C14H22N2O7. The average molecular weight is 330 g/mol. The van der Waals surface area contributed by atoms with Crippen LogP contribution in [0.25, 0.3) is 0 Å². The zero-order valence-corrected chi connectivity index (χ0v) is 13.5. The van der Waals surface area contributed by atoms with Gasteiger partial charge in [0.15, 0.2) is 24.0 Å². The lowest BCUT2D eigenvalue weighted by Crippen LogP contribution is -2.59. The van der Waals surface area contributed by atoms with Gasteiger partial charge in [0, 0.05) is 0 Å². The van der Waals surface area contributed by atoms with Crippen LogP contribution in [0.2, 0.25) is 0 Å². The molecule has 0 bridgehead atoms. The fourth-order valence-corrected chi connectivity index (χ4v) is 3.10. The van der Waals surface area contributed by atoms with Crippen molar-refractivity contribution in [3.05, 3.63) is 0 Å². The summed E-state index contributed by atoms with van der Waals surface area (Å²) in [6.45, 7) is 6.73. The first-order chi connectivity index (χ1) is 10.6. The zero-order valence-electron chi connectivity index (χ0n) is 13.5. The van der Waals surface area contributed by atoms with Crippen molar-refractivity contribution in [2.24, 2.45) is 5.73 Å². The summed E-state index contributed by atoms with van der Waals surface area (Å²) >= 11 is 0. The molecule has 0 aromatic rings. The molecule has 0 aromatic carbocycles. The van der Waals surface area contributed by atoms with Gasteiger partial charge in [-0.05, 0) is 27.7 Å². The van der Waals surface area contributed by atoms with E-state index in [9.17, 15) is 9.59 Å². The molecule has 130 valence electrons. The molecule has 0 aliphatic carbocycles. The van der Waals surface area contributed by atoms with Crippen LogP contribution in [0.15, 0.2) is 0 Å². The Morgan fingerprint density at radius 1 is 0.957 bits per heavy atom. The third kappa shape index (κ3) is 3.20. The van der Waals surface area contributed by atoms with Gasteiger partial charge < -0.3 is 34.7 Å². The maximum Gasteiger partial charge on any atom is 0.252 e. The number of hydrogen-bond acceptors (Lipinski definition) is 7. The second-order valence-electron chi connectivity index (χ2n) is 6.77. The van der Waals surface area contributed by atoms with Gasteiger partial charge >= 0.3 is 0 Å². The standard InChI is InChI=1S/C14H22N2O7/c1-13(2)20-7-8(21-13)10-12(23-14(3,4)22-10)19-9(7)11(18)16-5-6(15)17/h7-10,12H,5H2,1-4H3,(H2,15,17)(H,16,18)/t7-,8-,9+,10+,12+/m1/s1. The van der Waals surface area contributed by atoms with Gasteiger partial charge in [0.1, 0.15) is 18.3 Å². The topological polar surface area (TPSA) is 118 Å². The number of fused-ring (bicyclic) bond motifs is 3. The molecule has 3 saturated heterocycles. The Balaban J connectivity index is 1.81. The third-order valence-electron chi connectivity index (χ3n) is 3.85. The lowest BCUT2D eigenvalue weighted by Gasteiger charge is -2.36. The SMILES string of the molecule is CC1(C)O[C@@H]2O[C@H](C(=O)NCC(N)=O)[C@@H]3OC(C)(C)O[C@H]3[C@@H]2O1. The molecule has 3 aliphatic rings. The largest absolute Gasteiger partial charge is 0.368 e. The number of nitrogens with one attached hydrogen (secondary N) is 1. The fraction of sp³-hybridized carbons (Fsp3) is 0.857. The van der Waals surface area contributed by atoms with Gasteiger partial charge in [-0.1, -0.05) is 0 Å². The summed E-state index contributed by atoms with van der Waals surface area (Å²) in [7, 11) is 0. The summed E-state index contributed by atoms with van der Waals surface area (Å²) in [4.78, 5) is 23.2. The second-order valence-corrected chi connectivity index (χ2v) is 6.77. The van der Waals surface area contributed by atoms with Crippen LogP contribution >= 0.6 is 0 Å². The molecule has 3 N–H and O–H groups in total. The Morgan fingerprint density at radius 3 is 2.17 bits per heavy atom. The summed E-state index contributed by atoms with van der Waals surface area (Å²) in [6, 6.07) is 0. The molecule has 0 spiro atoms. The van der Waals surface area contributed by atoms with E-state index in [1.165, 1.54) is 0 Å². The Kier molecular flexibility index (Phi) is 3.88. The summed E-state index contributed by atoms with van der Waals surface area (Å²) in [6.07, 6.45) is -3.43. The van der Waals surface area contributed by atoms with Crippen molar-refractivity contribution >= 4 is 11.8 Å². The minimum absolute atomic E-state index is 0.280. The Morgan fingerprint density at radius 2 is 1.52 bits per heavy atom. The van der Waals surface area contributed by atoms with E-state index in [2.05, 4.69) is 5.32 Å². The second kappa shape index (κ2) is 5.38. The first-order valence-electron chi connectivity index (χ1n) is 7.51. The monoisotopic (exact) mass is 330 g/mol. The van der Waals surface area contributed by atoms with Crippen LogP contribution in [-0.4, -0.2) is 60.6 Å². The predicted octanol–water partition coefficient (Wildman–Crippen LogP) is -1.02. The molecule has 0 unspecified atom stereocenters. The first-order valence-corrected chi connectivity index (χ1v) is 7.51. The minimum atomic E-state index is -0.986. The van der Waals surface area contributed by atoms with Gasteiger partial charge in [-0.3, -0.25) is 9.59 Å². The molecule has 9 heteroatoms. The smallest absolute Gasteiger partial charge is 0.252 e. The highest BCUT2D eigenvalue weighted by molar-refractivity contribution is 5.86. The van der Waals surface area contributed by atoms with Gasteiger partial charge in [0.25, 0.3) is 5.91 Å². The average Bonchev–Trinajstić information content (AvgIpc) is 2.89. The van der Waals surface area contributed by atoms with Crippen molar-refractivity contribution in [3.63, 3.8) is 0 Å². The molecule has 0 saturated carbocycles. The van der Waals surface area contributed by atoms with Gasteiger partial charge in [-0.25, -0.2) is 0 Å². The Hall–Kier alpha value is -1.26. The van der Waals surface area contributed by atoms with Crippen molar-refractivity contribution in [1.82, 2.24) is 5.32 Å². The number of primary amides is 1. The van der Waals surface area contributed by atoms with Crippen molar-refractivity contribution < 1.29 is 33.3 Å². The van der Waals surface area contributed by atoms with E-state index in [4.69, 9.17) is 29.4 Å². The van der Waals surface area contributed by atoms with E-state index in [1.54, 1.807) is 27.7 Å². The molecular weight excluding hydrogens is 308 g/mol. The number of hydrogen-bond donors (Lipinski definition) is 2. The molecule has 5 atom stereocenters. The van der Waals surface area contributed by atoms with E-state index in [0.717, 1.165) is 0 Å². The third-order valence-corrected chi connectivity index (χ3v) is 3.85. The number of ether oxygens (including phenoxy) is 5. The predicted molar refractivity (Wildman–Crippen MR) is 74.7 cm³/mol. The van der Waals surface area contributed by atoms with E-state index in [-0.39, 0.29) is 6.54 Å². The Labute approximate surface area is 133 Å². The van der Waals surface area contributed by atoms with E-state index in [0.29, 0.717) is 0 Å². The molecule has 23 heavy (non-hydrogen) atoms. The molecule has 3 aliphatic heterocycles. The molecule has 0 radical (unpaired) electrons. The zero-order chi connectivity index (χ0) is 17.0. The van der Waals surface area contributed by atoms with Crippen LogP contribution < -0.4 is 11.1 Å². The molecule has 9 nitrogen and oxygen atoms in total. The minimum Gasteiger partial charge on any atom is -0.368 e. The van der Waals surface area contributed by atoms with Crippen LogP contribution in [-0.2, 0) is 33.3 Å². The number of carbonyl (C=O) groups excluding carboxylic acids is 2. The quantitative estimate of drug-likeness (QED) is 0.680. The van der Waals surface area contributed by atoms with E-state index < -0.39 is 54.1 Å². The summed E-state index contributed by atoms with van der Waals surface area (Å²) in [5, 5.41) is 2.42. The maximum atomic E-state index is 12.3. The van der Waals surface area contributed by atoms with Crippen LogP contribution in [0.4, 0.5) is 0 Å². The van der Waals surface area contributed by atoms with Crippen LogP contribution in [0.5, 0.6) is 0 Å². The number of rotatable bonds is 3. The summed E-state index contributed by atoms with van der Waals surface area (Å²) in [5.41, 5.74) is 5.05. The number of nitrogens with two attached hydrogens (primary N) is 1. The van der Waals surface area contributed by atoms with E-state index in [1.807, 2.05) is 0 Å². The molecule has 3 rings (SSSR count). The number of amides is 2. The van der Waals surface area contributed by atoms with Crippen LogP contribution in [0.1, 0.15) is 27.7 Å². The van der Waals surface area contributed by atoms with Crippen LogP contribution in [0, 0.1) is 0 Å². The van der Waals surface area contributed by atoms with Crippen molar-refractivity contribution in [2.75, 3.05) is 6.54 Å². The van der Waals surface area contributed by atoms with Crippen LogP contribution in [0.3, 0.4) is 0 Å². The van der Waals surface area contributed by atoms with Gasteiger partial charge in [0.2, 0.25) is 5.91 Å². The summed E-state index contributed by atoms with van der Waals surface area (Å²) < 4.78 is 28.9. The molecule has 2 amide bonds. The lowest BCUT2D eigenvalue weighted by molar-refractivity contribution is -0.231. The fourth-order valence-electron chi connectivity index (χ4n) is 3.10. The van der Waals surface area contributed by atoms with Gasteiger partial charge in [-0.15, -0.1) is 0 Å². The first kappa shape index (κ1) is 16.6. The lowest BCUT2D eigenvalue weighted by atomic mass is 9.98. The highest BCUT2D eigenvalue weighted by Crippen LogP contribution is 2.44. The highest BCUT2D eigenvalue weighted by atomic mass is 16.9. The normalized spacial score (nSPS) is 40.3.